The first-order valence-corrected chi connectivity index (χ1v) is 7.33. The summed E-state index contributed by atoms with van der Waals surface area (Å²) in [5.74, 6) is 6.60. The van der Waals surface area contributed by atoms with E-state index in [0.29, 0.717) is 6.54 Å². The average molecular weight is 300 g/mol. The number of hydrogen-bond donors (Lipinski definition) is 2. The smallest absolute Gasteiger partial charge is 0.315 e. The Morgan fingerprint density at radius 1 is 1.24 bits per heavy atom. The highest BCUT2D eigenvalue weighted by molar-refractivity contribution is 7.09. The molecule has 108 valence electrons. The molecule has 0 aliphatic rings. The first kappa shape index (κ1) is 14.9. The summed E-state index contributed by atoms with van der Waals surface area (Å²) in [5.41, 5.74) is 0.806. The Balaban J connectivity index is 1.76. The van der Waals surface area contributed by atoms with Gasteiger partial charge in [0.2, 0.25) is 0 Å². The van der Waals surface area contributed by atoms with Crippen LogP contribution in [0.3, 0.4) is 0 Å². The highest BCUT2D eigenvalue weighted by Gasteiger charge is 1.99. The van der Waals surface area contributed by atoms with Crippen LogP contribution in [0.5, 0.6) is 5.75 Å². The van der Waals surface area contributed by atoms with Gasteiger partial charge in [-0.15, -0.1) is 11.3 Å². The standard InChI is InChI=1S/C16H16N2O2S/c1-20-15-9-3-2-6-13(15)7-4-10-17-16(19)18-12-14-8-5-11-21-14/h2-3,5-6,8-9,11H,10,12H2,1H3,(H2,17,18,19). The third-order valence-electron chi connectivity index (χ3n) is 2.67. The number of urea groups is 1. The number of carbonyl (C=O) groups excluding carboxylic acids is 1. The van der Waals surface area contributed by atoms with Crippen LogP contribution < -0.4 is 15.4 Å². The summed E-state index contributed by atoms with van der Waals surface area (Å²) in [6.07, 6.45) is 0. The fourth-order valence-electron chi connectivity index (χ4n) is 1.65. The Morgan fingerprint density at radius 3 is 2.86 bits per heavy atom. The number of hydrogen-bond acceptors (Lipinski definition) is 3. The second-order valence-electron chi connectivity index (χ2n) is 4.12. The van der Waals surface area contributed by atoms with E-state index in [4.69, 9.17) is 4.74 Å². The molecule has 0 spiro atoms. The lowest BCUT2D eigenvalue weighted by Gasteiger charge is -2.03. The molecule has 2 rings (SSSR count). The minimum Gasteiger partial charge on any atom is -0.495 e. The zero-order valence-corrected chi connectivity index (χ0v) is 12.5. The topological polar surface area (TPSA) is 50.4 Å². The number of methoxy groups -OCH3 is 1. The van der Waals surface area contributed by atoms with Crippen molar-refractivity contribution in [2.75, 3.05) is 13.7 Å². The van der Waals surface area contributed by atoms with Crippen molar-refractivity contribution in [2.24, 2.45) is 0 Å². The van der Waals surface area contributed by atoms with Gasteiger partial charge in [0.1, 0.15) is 5.75 Å². The van der Waals surface area contributed by atoms with Crippen LogP contribution in [0.1, 0.15) is 10.4 Å². The molecule has 0 aliphatic heterocycles. The van der Waals surface area contributed by atoms with Crippen molar-refractivity contribution in [3.8, 4) is 17.6 Å². The molecule has 0 atom stereocenters. The fraction of sp³-hybridized carbons (Fsp3) is 0.188. The van der Waals surface area contributed by atoms with E-state index in [1.54, 1.807) is 18.4 Å². The number of amides is 2. The monoisotopic (exact) mass is 300 g/mol. The van der Waals surface area contributed by atoms with Crippen LogP contribution in [0.2, 0.25) is 0 Å². The zero-order chi connectivity index (χ0) is 14.9. The van der Waals surface area contributed by atoms with Crippen LogP contribution >= 0.6 is 11.3 Å². The maximum absolute atomic E-state index is 11.6. The predicted molar refractivity (Wildman–Crippen MR) is 84.4 cm³/mol. The highest BCUT2D eigenvalue weighted by Crippen LogP contribution is 2.15. The van der Waals surface area contributed by atoms with Gasteiger partial charge in [0, 0.05) is 4.88 Å². The largest absolute Gasteiger partial charge is 0.495 e. The molecule has 2 aromatic rings. The maximum atomic E-state index is 11.6. The summed E-state index contributed by atoms with van der Waals surface area (Å²) in [4.78, 5) is 12.7. The van der Waals surface area contributed by atoms with Crippen molar-refractivity contribution in [1.29, 1.82) is 0 Å². The van der Waals surface area contributed by atoms with E-state index in [1.807, 2.05) is 41.8 Å². The van der Waals surface area contributed by atoms with Gasteiger partial charge in [-0.05, 0) is 23.6 Å². The molecule has 0 saturated carbocycles. The third-order valence-corrected chi connectivity index (χ3v) is 3.55. The molecule has 0 fully saturated rings. The van der Waals surface area contributed by atoms with Gasteiger partial charge < -0.3 is 15.4 Å². The molecule has 1 aromatic carbocycles. The van der Waals surface area contributed by atoms with Crippen LogP contribution in [-0.2, 0) is 6.54 Å². The predicted octanol–water partition coefficient (Wildman–Crippen LogP) is 2.61. The quantitative estimate of drug-likeness (QED) is 0.853. The molecule has 21 heavy (non-hydrogen) atoms. The number of nitrogens with one attached hydrogen (secondary N) is 2. The minimum atomic E-state index is -0.224. The highest BCUT2D eigenvalue weighted by atomic mass is 32.1. The van der Waals surface area contributed by atoms with Crippen molar-refractivity contribution in [3.05, 3.63) is 52.2 Å². The first-order chi connectivity index (χ1) is 10.3. The average Bonchev–Trinajstić information content (AvgIpc) is 3.03. The van der Waals surface area contributed by atoms with Crippen molar-refractivity contribution in [1.82, 2.24) is 10.6 Å². The van der Waals surface area contributed by atoms with E-state index in [2.05, 4.69) is 22.5 Å². The van der Waals surface area contributed by atoms with Crippen LogP contribution in [0.15, 0.2) is 41.8 Å². The van der Waals surface area contributed by atoms with Crippen molar-refractivity contribution in [3.63, 3.8) is 0 Å². The molecule has 1 heterocycles. The molecule has 0 bridgehead atoms. The van der Waals surface area contributed by atoms with Crippen LogP contribution in [0.25, 0.3) is 0 Å². The Morgan fingerprint density at radius 2 is 2.10 bits per heavy atom. The van der Waals surface area contributed by atoms with Crippen LogP contribution in [0, 0.1) is 11.8 Å². The van der Waals surface area contributed by atoms with Crippen molar-refractivity contribution >= 4 is 17.4 Å². The number of ether oxygens (including phenoxy) is 1. The molecule has 0 unspecified atom stereocenters. The SMILES string of the molecule is COc1ccccc1C#CCNC(=O)NCc1cccs1. The second kappa shape index (κ2) is 7.98. The maximum Gasteiger partial charge on any atom is 0.315 e. The van der Waals surface area contributed by atoms with E-state index in [-0.39, 0.29) is 12.6 Å². The van der Waals surface area contributed by atoms with Crippen molar-refractivity contribution in [2.45, 2.75) is 6.54 Å². The summed E-state index contributed by atoms with van der Waals surface area (Å²) in [7, 11) is 1.61. The van der Waals surface area contributed by atoms with E-state index in [1.165, 1.54) is 0 Å². The normalized spacial score (nSPS) is 9.38. The van der Waals surface area contributed by atoms with Crippen molar-refractivity contribution < 1.29 is 9.53 Å². The Kier molecular flexibility index (Phi) is 5.68. The summed E-state index contributed by atoms with van der Waals surface area (Å²) < 4.78 is 5.20. The molecular weight excluding hydrogens is 284 g/mol. The lowest BCUT2D eigenvalue weighted by Crippen LogP contribution is -2.34. The van der Waals surface area contributed by atoms with Crippen LogP contribution in [-0.4, -0.2) is 19.7 Å². The van der Waals surface area contributed by atoms with E-state index in [0.717, 1.165) is 16.2 Å². The number of para-hydroxylation sites is 1. The zero-order valence-electron chi connectivity index (χ0n) is 11.7. The lowest BCUT2D eigenvalue weighted by atomic mass is 10.2. The minimum absolute atomic E-state index is 0.224. The van der Waals surface area contributed by atoms with Gasteiger partial charge >= 0.3 is 6.03 Å². The molecule has 2 N–H and O–H groups in total. The summed E-state index contributed by atoms with van der Waals surface area (Å²) >= 11 is 1.61. The lowest BCUT2D eigenvalue weighted by molar-refractivity contribution is 0.242. The Hall–Kier alpha value is -2.45. The molecule has 2 amide bonds. The van der Waals surface area contributed by atoms with Gasteiger partial charge in [0.05, 0.1) is 25.8 Å². The van der Waals surface area contributed by atoms with Gasteiger partial charge in [-0.2, -0.15) is 0 Å². The fourth-order valence-corrected chi connectivity index (χ4v) is 2.30. The number of carbonyl (C=O) groups is 1. The Bertz CT molecular complexity index is 642. The summed E-state index contributed by atoms with van der Waals surface area (Å²) in [6.45, 7) is 0.817. The molecule has 5 heteroatoms. The molecular formula is C16H16N2O2S. The summed E-state index contributed by atoms with van der Waals surface area (Å²) in [5, 5.41) is 7.45. The van der Waals surface area contributed by atoms with Crippen LogP contribution in [0.4, 0.5) is 4.79 Å². The number of thiophene rings is 1. The molecule has 0 aliphatic carbocycles. The number of benzene rings is 1. The Labute approximate surface area is 128 Å². The molecule has 1 aromatic heterocycles. The molecule has 0 saturated heterocycles. The van der Waals surface area contributed by atoms with E-state index >= 15 is 0 Å². The first-order valence-electron chi connectivity index (χ1n) is 6.45. The van der Waals surface area contributed by atoms with Gasteiger partial charge in [0.15, 0.2) is 0 Å². The van der Waals surface area contributed by atoms with E-state index in [9.17, 15) is 4.79 Å². The molecule has 4 nitrogen and oxygen atoms in total. The van der Waals surface area contributed by atoms with E-state index < -0.39 is 0 Å². The second-order valence-corrected chi connectivity index (χ2v) is 5.15. The molecule has 0 radical (unpaired) electrons. The van der Waals surface area contributed by atoms with Gasteiger partial charge in [-0.1, -0.05) is 30.0 Å². The summed E-state index contributed by atoms with van der Waals surface area (Å²) in [6, 6.07) is 11.2. The third kappa shape index (κ3) is 4.86. The number of rotatable bonds is 4. The van der Waals surface area contributed by atoms with Gasteiger partial charge in [0.25, 0.3) is 0 Å². The van der Waals surface area contributed by atoms with Gasteiger partial charge in [-0.25, -0.2) is 4.79 Å². The van der Waals surface area contributed by atoms with Gasteiger partial charge in [-0.3, -0.25) is 0 Å².